The molecule has 0 spiro atoms. The Morgan fingerprint density at radius 3 is 2.46 bits per heavy atom. The minimum atomic E-state index is -5.83. The van der Waals surface area contributed by atoms with Gasteiger partial charge in [-0.3, -0.25) is 0 Å². The Morgan fingerprint density at radius 1 is 1.03 bits per heavy atom. The summed E-state index contributed by atoms with van der Waals surface area (Å²) in [6.07, 6.45) is 1.33. The van der Waals surface area contributed by atoms with Gasteiger partial charge in [-0.1, -0.05) is 30.3 Å². The van der Waals surface area contributed by atoms with Gasteiger partial charge >= 0.3 is 15.6 Å². The maximum absolute atomic E-state index is 12.9. The number of anilines is 1. The normalized spacial score (nSPS) is 17.8. The third-order valence-corrected chi connectivity index (χ3v) is 7.29. The van der Waals surface area contributed by atoms with Crippen molar-refractivity contribution in [1.29, 1.82) is 0 Å². The summed E-state index contributed by atoms with van der Waals surface area (Å²) in [6, 6.07) is 14.8. The van der Waals surface area contributed by atoms with Crippen LogP contribution in [0.15, 0.2) is 60.7 Å². The van der Waals surface area contributed by atoms with Gasteiger partial charge in [-0.05, 0) is 62.2 Å². The highest BCUT2D eigenvalue weighted by atomic mass is 32.2. The van der Waals surface area contributed by atoms with Crippen LogP contribution in [0.25, 0.3) is 16.7 Å². The fourth-order valence-electron chi connectivity index (χ4n) is 5.00. The number of benzene rings is 3. The van der Waals surface area contributed by atoms with Gasteiger partial charge in [-0.15, -0.1) is 0 Å². The quantitative estimate of drug-likeness (QED) is 0.299. The second kappa shape index (κ2) is 8.44. The lowest BCUT2D eigenvalue weighted by atomic mass is 9.80. The van der Waals surface area contributed by atoms with Gasteiger partial charge in [0.2, 0.25) is 0 Å². The summed E-state index contributed by atoms with van der Waals surface area (Å²) in [7, 11) is -4.26. The molecule has 2 aliphatic heterocycles. The molecule has 0 aromatic heterocycles. The molecule has 0 aliphatic carbocycles. The molecule has 1 unspecified atom stereocenters. The zero-order valence-corrected chi connectivity index (χ0v) is 21.3. The number of alkyl halides is 3. The van der Waals surface area contributed by atoms with E-state index >= 15 is 0 Å². The molecule has 0 saturated heterocycles. The van der Waals surface area contributed by atoms with Crippen molar-refractivity contribution < 1.29 is 35.2 Å². The van der Waals surface area contributed by atoms with E-state index in [2.05, 4.69) is 15.6 Å². The van der Waals surface area contributed by atoms with Gasteiger partial charge < -0.3 is 19.0 Å². The number of methoxy groups -OCH3 is 1. The molecule has 0 fully saturated rings. The third kappa shape index (κ3) is 4.29. The van der Waals surface area contributed by atoms with E-state index in [0.717, 1.165) is 39.6 Å². The number of halogens is 3. The lowest BCUT2D eigenvalue weighted by molar-refractivity contribution is -0.0500. The smallest absolute Gasteiger partial charge is 0.496 e. The van der Waals surface area contributed by atoms with Crippen molar-refractivity contribution in [2.45, 2.75) is 37.9 Å². The molecule has 3 aromatic rings. The van der Waals surface area contributed by atoms with Gasteiger partial charge in [-0.25, -0.2) is 0 Å². The first-order valence-corrected chi connectivity index (χ1v) is 12.8. The summed E-state index contributed by atoms with van der Waals surface area (Å²) < 4.78 is 78.5. The lowest BCUT2D eigenvalue weighted by Gasteiger charge is -2.37. The molecule has 3 aromatic carbocycles. The van der Waals surface area contributed by atoms with E-state index in [9.17, 15) is 21.6 Å². The summed E-state index contributed by atoms with van der Waals surface area (Å²) in [5.41, 5.74) is -0.283. The molecule has 1 atom stereocenters. The third-order valence-electron chi connectivity index (χ3n) is 6.31. The number of allylic oxidation sites excluding steroid dienone is 1. The van der Waals surface area contributed by atoms with Crippen molar-refractivity contribution in [3.8, 4) is 28.4 Å². The molecular weight excluding hydrogens is 507 g/mol. The molecule has 0 amide bonds. The summed E-state index contributed by atoms with van der Waals surface area (Å²) in [4.78, 5) is 0. The van der Waals surface area contributed by atoms with Crippen LogP contribution in [0, 0.1) is 0 Å². The van der Waals surface area contributed by atoms with Crippen molar-refractivity contribution in [2.24, 2.45) is 0 Å². The van der Waals surface area contributed by atoms with Gasteiger partial charge in [0.1, 0.15) is 17.2 Å². The number of nitrogens with one attached hydrogen (secondary N) is 1. The van der Waals surface area contributed by atoms with E-state index in [-0.39, 0.29) is 5.54 Å². The monoisotopic (exact) mass is 531 g/mol. The van der Waals surface area contributed by atoms with Gasteiger partial charge in [0.15, 0.2) is 6.10 Å². The SMILES string of the molecule is COc1cccc2c1-c1ccc3c(c1C(c1cccc(OS(=O)(=O)C(F)(F)F)c1)O2)C(C)=CC(C)(C)N3. The predicted molar refractivity (Wildman–Crippen MR) is 134 cm³/mol. The molecule has 0 radical (unpaired) electrons. The molecule has 194 valence electrons. The molecule has 6 nitrogen and oxygen atoms in total. The zero-order valence-electron chi connectivity index (χ0n) is 20.4. The summed E-state index contributed by atoms with van der Waals surface area (Å²) in [5.74, 6) is 0.667. The molecule has 5 rings (SSSR count). The standard InChI is InChI=1S/C27H24F3NO5S/c1-15-14-26(2,3)31-19-12-11-18-23-20(34-4)9-6-10-21(23)35-25(24(18)22(15)19)16-7-5-8-17(13-16)36-37(32,33)27(28,29)30/h5-14,25,31H,1-4H3. The first-order chi connectivity index (χ1) is 17.3. The number of hydrogen-bond acceptors (Lipinski definition) is 6. The maximum atomic E-state index is 12.9. The average Bonchev–Trinajstić information content (AvgIpc) is 2.80. The Morgan fingerprint density at radius 2 is 1.76 bits per heavy atom. The summed E-state index contributed by atoms with van der Waals surface area (Å²) >= 11 is 0. The first-order valence-electron chi connectivity index (χ1n) is 11.4. The fourth-order valence-corrected chi connectivity index (χ4v) is 5.46. The topological polar surface area (TPSA) is 73.9 Å². The molecule has 0 bridgehead atoms. The van der Waals surface area contributed by atoms with Crippen LogP contribution in [0.1, 0.15) is 43.6 Å². The molecule has 37 heavy (non-hydrogen) atoms. The predicted octanol–water partition coefficient (Wildman–Crippen LogP) is 6.68. The summed E-state index contributed by atoms with van der Waals surface area (Å²) in [5, 5.41) is 3.51. The molecule has 0 saturated carbocycles. The van der Waals surface area contributed by atoms with Crippen LogP contribution in [-0.2, 0) is 10.1 Å². The lowest BCUT2D eigenvalue weighted by Crippen LogP contribution is -2.32. The van der Waals surface area contributed by atoms with Gasteiger partial charge in [-0.2, -0.15) is 21.6 Å². The van der Waals surface area contributed by atoms with E-state index < -0.39 is 27.5 Å². The van der Waals surface area contributed by atoms with Crippen LogP contribution in [0.3, 0.4) is 0 Å². The van der Waals surface area contributed by atoms with Gasteiger partial charge in [0.25, 0.3) is 0 Å². The van der Waals surface area contributed by atoms with E-state index in [1.54, 1.807) is 25.3 Å². The fraction of sp³-hybridized carbons (Fsp3) is 0.259. The largest absolute Gasteiger partial charge is 0.534 e. The van der Waals surface area contributed by atoms with E-state index in [1.807, 2.05) is 39.0 Å². The summed E-state index contributed by atoms with van der Waals surface area (Å²) in [6.45, 7) is 6.09. The highest BCUT2D eigenvalue weighted by Crippen LogP contribution is 2.53. The maximum Gasteiger partial charge on any atom is 0.534 e. The Balaban J connectivity index is 1.72. The number of fused-ring (bicyclic) bond motifs is 5. The van der Waals surface area contributed by atoms with Crippen molar-refractivity contribution >= 4 is 21.4 Å². The van der Waals surface area contributed by atoms with Crippen LogP contribution < -0.4 is 19.0 Å². The minimum Gasteiger partial charge on any atom is -0.496 e. The van der Waals surface area contributed by atoms with Crippen molar-refractivity contribution in [3.05, 3.63) is 77.4 Å². The van der Waals surface area contributed by atoms with Crippen LogP contribution >= 0.6 is 0 Å². The second-order valence-corrected chi connectivity index (χ2v) is 11.0. The second-order valence-electron chi connectivity index (χ2n) is 9.51. The number of ether oxygens (including phenoxy) is 2. The van der Waals surface area contributed by atoms with Crippen LogP contribution in [0.4, 0.5) is 18.9 Å². The molecule has 1 N–H and O–H groups in total. The van der Waals surface area contributed by atoms with Crippen molar-refractivity contribution in [3.63, 3.8) is 0 Å². The van der Waals surface area contributed by atoms with E-state index in [4.69, 9.17) is 9.47 Å². The van der Waals surface area contributed by atoms with Crippen LogP contribution in [-0.4, -0.2) is 26.6 Å². The Bertz CT molecular complexity index is 1540. The van der Waals surface area contributed by atoms with E-state index in [1.165, 1.54) is 12.1 Å². The van der Waals surface area contributed by atoms with Crippen molar-refractivity contribution in [1.82, 2.24) is 0 Å². The highest BCUT2D eigenvalue weighted by molar-refractivity contribution is 7.88. The van der Waals surface area contributed by atoms with Crippen LogP contribution in [0.2, 0.25) is 0 Å². The van der Waals surface area contributed by atoms with Gasteiger partial charge in [0.05, 0.1) is 18.2 Å². The average molecular weight is 532 g/mol. The van der Waals surface area contributed by atoms with E-state index in [0.29, 0.717) is 17.1 Å². The minimum absolute atomic E-state index is 0.300. The van der Waals surface area contributed by atoms with Crippen LogP contribution in [0.5, 0.6) is 17.2 Å². The first kappa shape index (κ1) is 25.0. The Hall–Kier alpha value is -3.66. The highest BCUT2D eigenvalue weighted by Gasteiger charge is 2.48. The molecule has 2 heterocycles. The zero-order chi connectivity index (χ0) is 26.8. The Labute approximate surface area is 212 Å². The Kier molecular flexibility index (Phi) is 5.71. The molecule has 2 aliphatic rings. The molecule has 10 heteroatoms. The van der Waals surface area contributed by atoms with Gasteiger partial charge in [0, 0.05) is 22.4 Å². The molecular formula is C27H24F3NO5S. The number of rotatable bonds is 4. The number of hydrogen-bond donors (Lipinski definition) is 1. The van der Waals surface area contributed by atoms with Crippen molar-refractivity contribution in [2.75, 3.05) is 12.4 Å².